The first-order valence-corrected chi connectivity index (χ1v) is 4.48. The smallest absolute Gasteiger partial charge is 0.184 e. The predicted octanol–water partition coefficient (Wildman–Crippen LogP) is 2.34. The van der Waals surface area contributed by atoms with Gasteiger partial charge in [-0.2, -0.15) is 5.26 Å². The Kier molecular flexibility index (Phi) is 4.07. The zero-order chi connectivity index (χ0) is 11.3. The summed E-state index contributed by atoms with van der Waals surface area (Å²) in [5.41, 5.74) is 0. The van der Waals surface area contributed by atoms with Crippen molar-refractivity contribution < 1.29 is 13.9 Å². The summed E-state index contributed by atoms with van der Waals surface area (Å²) in [7, 11) is 0. The van der Waals surface area contributed by atoms with Crippen LogP contribution in [0.4, 0.5) is 4.39 Å². The molecule has 0 spiro atoms. The monoisotopic (exact) mass is 227 g/mol. The first-order valence-electron chi connectivity index (χ1n) is 4.10. The van der Waals surface area contributed by atoms with Crippen LogP contribution in [0.25, 0.3) is 0 Å². The molecule has 1 rings (SSSR count). The second-order valence-corrected chi connectivity index (χ2v) is 3.14. The van der Waals surface area contributed by atoms with Gasteiger partial charge in [-0.3, -0.25) is 4.79 Å². The van der Waals surface area contributed by atoms with E-state index in [0.29, 0.717) is 0 Å². The van der Waals surface area contributed by atoms with Gasteiger partial charge in [-0.1, -0.05) is 11.6 Å². The third-order valence-electron chi connectivity index (χ3n) is 1.56. The first-order chi connectivity index (χ1) is 7.13. The Morgan fingerprint density at radius 2 is 2.33 bits per heavy atom. The number of ether oxygens (including phenoxy) is 1. The molecule has 1 aromatic rings. The lowest BCUT2D eigenvalue weighted by Gasteiger charge is -2.05. The van der Waals surface area contributed by atoms with Gasteiger partial charge in [0, 0.05) is 0 Å². The van der Waals surface area contributed by atoms with Gasteiger partial charge >= 0.3 is 0 Å². The summed E-state index contributed by atoms with van der Waals surface area (Å²) in [4.78, 5) is 10.9. The van der Waals surface area contributed by atoms with Crippen LogP contribution >= 0.6 is 11.6 Å². The van der Waals surface area contributed by atoms with Crippen molar-refractivity contribution in [2.24, 2.45) is 0 Å². The van der Waals surface area contributed by atoms with Crippen LogP contribution in [0.3, 0.4) is 0 Å². The molecule has 0 aliphatic rings. The Bertz CT molecular complexity index is 414. The maximum atomic E-state index is 12.6. The van der Waals surface area contributed by atoms with Crippen molar-refractivity contribution in [2.75, 3.05) is 6.61 Å². The molecule has 15 heavy (non-hydrogen) atoms. The quantitative estimate of drug-likeness (QED) is 0.793. The Morgan fingerprint density at radius 3 is 2.93 bits per heavy atom. The number of ketones is 1. The topological polar surface area (TPSA) is 50.1 Å². The van der Waals surface area contributed by atoms with Crippen molar-refractivity contribution in [3.63, 3.8) is 0 Å². The molecule has 0 saturated carbocycles. The van der Waals surface area contributed by atoms with Crippen LogP contribution < -0.4 is 4.74 Å². The molecule has 0 aliphatic carbocycles. The van der Waals surface area contributed by atoms with Crippen molar-refractivity contribution in [1.82, 2.24) is 0 Å². The minimum absolute atomic E-state index is 0.0970. The zero-order valence-corrected chi connectivity index (χ0v) is 8.42. The highest BCUT2D eigenvalue weighted by Crippen LogP contribution is 2.24. The molecule has 0 bridgehead atoms. The lowest BCUT2D eigenvalue weighted by atomic mass is 10.3. The van der Waals surface area contributed by atoms with Gasteiger partial charge in [-0.15, -0.1) is 0 Å². The second kappa shape index (κ2) is 5.32. The number of nitrogens with zero attached hydrogens (tertiary/aromatic N) is 1. The van der Waals surface area contributed by atoms with Crippen LogP contribution in [0, 0.1) is 17.1 Å². The molecule has 0 radical (unpaired) electrons. The molecule has 3 nitrogen and oxygen atoms in total. The third-order valence-corrected chi connectivity index (χ3v) is 1.85. The molecule has 1 aromatic carbocycles. The Hall–Kier alpha value is -1.60. The number of hydrogen-bond donors (Lipinski definition) is 0. The minimum Gasteiger partial charge on any atom is -0.484 e. The van der Waals surface area contributed by atoms with Crippen LogP contribution in [-0.2, 0) is 4.79 Å². The van der Waals surface area contributed by atoms with E-state index in [4.69, 9.17) is 21.6 Å². The summed E-state index contributed by atoms with van der Waals surface area (Å²) in [5, 5.41) is 8.32. The van der Waals surface area contributed by atoms with Gasteiger partial charge in [0.05, 0.1) is 17.5 Å². The molecule has 0 atom stereocenters. The summed E-state index contributed by atoms with van der Waals surface area (Å²) in [6.45, 7) is -0.237. The van der Waals surface area contributed by atoms with Crippen molar-refractivity contribution >= 4 is 17.4 Å². The second-order valence-electron chi connectivity index (χ2n) is 2.74. The van der Waals surface area contributed by atoms with Crippen molar-refractivity contribution in [3.8, 4) is 11.8 Å². The number of halogens is 2. The Labute approximate surface area is 91.0 Å². The number of benzene rings is 1. The van der Waals surface area contributed by atoms with E-state index in [2.05, 4.69) is 0 Å². The van der Waals surface area contributed by atoms with Crippen molar-refractivity contribution in [3.05, 3.63) is 29.0 Å². The SMILES string of the molecule is N#CCC(=O)COc1ccc(F)cc1Cl. The predicted molar refractivity (Wildman–Crippen MR) is 52.1 cm³/mol. The van der Waals surface area contributed by atoms with Crippen LogP contribution in [-0.4, -0.2) is 12.4 Å². The van der Waals surface area contributed by atoms with Crippen molar-refractivity contribution in [2.45, 2.75) is 6.42 Å². The fraction of sp³-hybridized carbons (Fsp3) is 0.200. The van der Waals surface area contributed by atoms with E-state index >= 15 is 0 Å². The highest BCUT2D eigenvalue weighted by molar-refractivity contribution is 6.32. The number of hydrogen-bond acceptors (Lipinski definition) is 3. The number of carbonyl (C=O) groups excluding carboxylic acids is 1. The lowest BCUT2D eigenvalue weighted by molar-refractivity contribution is -0.120. The number of Topliss-reactive ketones (excluding diaryl/α,β-unsaturated/α-hetero) is 1. The zero-order valence-electron chi connectivity index (χ0n) is 7.67. The van der Waals surface area contributed by atoms with Gasteiger partial charge < -0.3 is 4.74 Å². The van der Waals surface area contributed by atoms with Gasteiger partial charge in [-0.25, -0.2) is 4.39 Å². The van der Waals surface area contributed by atoms with E-state index in [0.717, 1.165) is 6.07 Å². The third kappa shape index (κ3) is 3.56. The first kappa shape index (κ1) is 11.5. The number of nitriles is 1. The normalized spacial score (nSPS) is 9.40. The summed E-state index contributed by atoms with van der Waals surface area (Å²) < 4.78 is 17.6. The molecule has 0 fully saturated rings. The maximum absolute atomic E-state index is 12.6. The molecule has 78 valence electrons. The summed E-state index contributed by atoms with van der Waals surface area (Å²) in [6, 6.07) is 5.30. The van der Waals surface area contributed by atoms with E-state index < -0.39 is 5.82 Å². The molecule has 0 saturated heterocycles. The maximum Gasteiger partial charge on any atom is 0.184 e. The molecular weight excluding hydrogens is 221 g/mol. The average molecular weight is 228 g/mol. The molecule has 0 amide bonds. The van der Waals surface area contributed by atoms with E-state index in [1.165, 1.54) is 12.1 Å². The van der Waals surface area contributed by atoms with E-state index in [9.17, 15) is 9.18 Å². The highest BCUT2D eigenvalue weighted by Gasteiger charge is 2.06. The van der Waals surface area contributed by atoms with Crippen LogP contribution in [0.5, 0.6) is 5.75 Å². The molecule has 0 N–H and O–H groups in total. The van der Waals surface area contributed by atoms with Crippen molar-refractivity contribution in [1.29, 1.82) is 5.26 Å². The lowest BCUT2D eigenvalue weighted by Crippen LogP contribution is -2.10. The number of rotatable bonds is 4. The highest BCUT2D eigenvalue weighted by atomic mass is 35.5. The van der Waals surface area contributed by atoms with Gasteiger partial charge in [-0.05, 0) is 18.2 Å². The largest absolute Gasteiger partial charge is 0.484 e. The Morgan fingerprint density at radius 1 is 1.60 bits per heavy atom. The van der Waals surface area contributed by atoms with Crippen LogP contribution in [0.15, 0.2) is 18.2 Å². The number of carbonyl (C=O) groups is 1. The van der Waals surface area contributed by atoms with Gasteiger partial charge in [0.25, 0.3) is 0 Å². The Balaban J connectivity index is 2.59. The van der Waals surface area contributed by atoms with E-state index in [1.54, 1.807) is 6.07 Å². The van der Waals surface area contributed by atoms with Crippen LogP contribution in [0.2, 0.25) is 5.02 Å². The summed E-state index contributed by atoms with van der Waals surface area (Å²) >= 11 is 5.65. The molecule has 5 heteroatoms. The molecule has 0 heterocycles. The minimum atomic E-state index is -0.476. The molecule has 0 unspecified atom stereocenters. The fourth-order valence-electron chi connectivity index (χ4n) is 0.890. The summed E-state index contributed by atoms with van der Waals surface area (Å²) in [5.74, 6) is -0.599. The fourth-order valence-corrected chi connectivity index (χ4v) is 1.11. The van der Waals surface area contributed by atoms with Crippen LogP contribution in [0.1, 0.15) is 6.42 Å². The van der Waals surface area contributed by atoms with E-state index in [1.807, 2.05) is 0 Å². The van der Waals surface area contributed by atoms with Gasteiger partial charge in [0.15, 0.2) is 5.78 Å². The standard InChI is InChI=1S/C10H7ClFNO2/c11-9-5-7(12)1-2-10(9)15-6-8(14)3-4-13/h1-2,5H,3,6H2. The van der Waals surface area contributed by atoms with Gasteiger partial charge in [0.1, 0.15) is 18.2 Å². The van der Waals surface area contributed by atoms with E-state index in [-0.39, 0.29) is 29.6 Å². The molecule has 0 aromatic heterocycles. The molecule has 0 aliphatic heterocycles. The summed E-state index contributed by atoms with van der Waals surface area (Å²) in [6.07, 6.45) is -0.210. The van der Waals surface area contributed by atoms with Gasteiger partial charge in [0.2, 0.25) is 0 Å². The molecular formula is C10H7ClFNO2. The average Bonchev–Trinajstić information content (AvgIpc) is 2.17.